The number of rotatable bonds is 13. The third kappa shape index (κ3) is 21.4. The van der Waals surface area contributed by atoms with Crippen molar-refractivity contribution in [3.05, 3.63) is 154 Å². The number of H-pyrrole nitrogens is 3. The number of amides is 1. The van der Waals surface area contributed by atoms with Crippen molar-refractivity contribution >= 4 is 49.1 Å². The lowest BCUT2D eigenvalue weighted by Crippen LogP contribution is -2.36. The van der Waals surface area contributed by atoms with Crippen LogP contribution in [-0.2, 0) is 28.1 Å². The second-order valence-corrected chi connectivity index (χ2v) is 21.9. The van der Waals surface area contributed by atoms with Crippen LogP contribution in [0.1, 0.15) is 79.0 Å². The Hall–Kier alpha value is -7.79. The number of allylic oxidation sites excluding steroid dienone is 9. The average Bonchev–Trinajstić information content (AvgIpc) is 1.66. The number of aromatic nitrogens is 11. The molecule has 5 aromatic heterocycles. The fourth-order valence-corrected chi connectivity index (χ4v) is 9.37. The number of ether oxygens (including phenoxy) is 3. The number of hydrogen-bond acceptors (Lipinski definition) is 25. The highest BCUT2D eigenvalue weighted by Crippen LogP contribution is 2.41. The minimum absolute atomic E-state index is 0. The lowest BCUT2D eigenvalue weighted by molar-refractivity contribution is -0.113. The van der Waals surface area contributed by atoms with E-state index in [-0.39, 0.29) is 51.9 Å². The standard InChI is InChI=1S/C20H29NO.C10H13FN5O7P.C9H11FN2O5.C8H12N4O5.C4H3FN2O2.ClH.FH/c1-15(8-6-9-16(2)14-19(21)22)11-12-18-17(3)10-7-13-20(18,4)5;11-10-14-7(12)4-8(15-10)16(2-13-4)9-6(18)5(17)3(23-9)1-22-24(19,20)21;10-4-2-12(9(16)11-8(4)15)7-1-5(14)6(3-13)17-7;9-7-10-2-12(8(16)11-7)6-5(15)4(14)3(1-13)17-6;5-2-1-6-4(9)7-3(2)8;;/h6,8-9,11-12,14H,7,10,13H2,1-5H3,(H2,21,22);2-3,5-6,9,17-18H,1H2,(H2,12,14,15)(H2,19,20,21);2,5-7,13-14H,1,3H2,(H,11,15,16);2-6,13-15H,1H2,(H2,9,11,16);1H,(H2,6,7,8,9);2*1H/b9-6+,12-11+,15-8+,16-14+;;;;;;/t;3-,5-,6+,9-;5-,6+,7+;3-,4-,5+,6-;;;/m.101.../s1. The number of aliphatic hydroxyl groups is 7. The van der Waals surface area contributed by atoms with Gasteiger partial charge in [0.1, 0.15) is 55.3 Å². The van der Waals surface area contributed by atoms with Crippen LogP contribution in [0.2, 0.25) is 0 Å². The molecule has 0 unspecified atom stereocenters. The smallest absolute Gasteiger partial charge is 0.394 e. The van der Waals surface area contributed by atoms with Gasteiger partial charge in [0.2, 0.25) is 23.5 Å². The largest absolute Gasteiger partial charge is 0.469 e. The number of phosphoric ester groups is 1. The molecule has 0 bridgehead atoms. The summed E-state index contributed by atoms with van der Waals surface area (Å²) in [4.78, 5) is 105. The van der Waals surface area contributed by atoms with Gasteiger partial charge >= 0.3 is 31.0 Å². The molecule has 34 nitrogen and oxygen atoms in total. The van der Waals surface area contributed by atoms with E-state index < -0.39 is 147 Å². The number of hydrogen-bond donors (Lipinski definition) is 15. The van der Waals surface area contributed by atoms with Crippen LogP contribution in [0.3, 0.4) is 0 Å². The molecular weight excluding hydrogens is 1270 g/mol. The summed E-state index contributed by atoms with van der Waals surface area (Å²) in [5, 5.41) is 66.4. The minimum atomic E-state index is -4.78. The Bertz CT molecular complexity index is 3820. The maximum atomic E-state index is 13.3. The van der Waals surface area contributed by atoms with Crippen molar-refractivity contribution in [2.75, 3.05) is 31.3 Å². The number of nitrogens with zero attached hydrogens (tertiary/aromatic N) is 8. The van der Waals surface area contributed by atoms with E-state index in [1.165, 1.54) is 42.1 Å². The molecule has 4 aliphatic rings. The minimum Gasteiger partial charge on any atom is -0.394 e. The molecule has 8 heterocycles. The number of nitrogen functional groups attached to an aromatic ring is 2. The van der Waals surface area contributed by atoms with Gasteiger partial charge in [0.05, 0.1) is 38.4 Å². The molecule has 504 valence electrons. The lowest BCUT2D eigenvalue weighted by Gasteiger charge is -2.32. The molecule has 40 heteroatoms. The second-order valence-electron chi connectivity index (χ2n) is 20.7. The first kappa shape index (κ1) is 77.5. The summed E-state index contributed by atoms with van der Waals surface area (Å²) in [5.41, 5.74) is 16.7. The Balaban J connectivity index is 0.000000303. The molecule has 0 spiro atoms. The van der Waals surface area contributed by atoms with Gasteiger partial charge in [0.25, 0.3) is 11.1 Å². The molecule has 3 aliphatic heterocycles. The number of carbonyl (C=O) groups is 1. The molecule has 3 saturated heterocycles. The molecule has 3 fully saturated rings. The van der Waals surface area contributed by atoms with Gasteiger partial charge in [-0.3, -0.25) is 47.3 Å². The summed E-state index contributed by atoms with van der Waals surface area (Å²) in [7, 11) is -4.78. The Morgan fingerprint density at radius 1 is 0.824 bits per heavy atom. The van der Waals surface area contributed by atoms with E-state index in [9.17, 15) is 72.0 Å². The predicted octanol–water partition coefficient (Wildman–Crippen LogP) is -1.80. The van der Waals surface area contributed by atoms with Crippen LogP contribution >= 0.6 is 20.2 Å². The zero-order chi connectivity index (χ0) is 66.4. The summed E-state index contributed by atoms with van der Waals surface area (Å²) >= 11 is 0. The van der Waals surface area contributed by atoms with Crippen LogP contribution in [0.5, 0.6) is 0 Å². The van der Waals surface area contributed by atoms with Crippen molar-refractivity contribution in [3.8, 4) is 0 Å². The van der Waals surface area contributed by atoms with E-state index >= 15 is 0 Å². The highest BCUT2D eigenvalue weighted by Gasteiger charge is 2.46. The summed E-state index contributed by atoms with van der Waals surface area (Å²) in [6, 6.07) is 0. The topological polar surface area (TPSA) is 543 Å². The molecule has 91 heavy (non-hydrogen) atoms. The molecule has 9 rings (SSSR count). The Morgan fingerprint density at radius 3 is 1.99 bits per heavy atom. The molecule has 1 aliphatic carbocycles. The highest BCUT2D eigenvalue weighted by atomic mass is 35.5. The summed E-state index contributed by atoms with van der Waals surface area (Å²) < 4.78 is 71.8. The molecule has 0 radical (unpaired) electrons. The van der Waals surface area contributed by atoms with Crippen LogP contribution < -0.4 is 45.4 Å². The number of imidazole rings is 1. The van der Waals surface area contributed by atoms with Gasteiger partial charge in [-0.25, -0.2) is 28.9 Å². The molecule has 11 atom stereocenters. The van der Waals surface area contributed by atoms with Crippen LogP contribution in [0.25, 0.3) is 11.2 Å². The van der Waals surface area contributed by atoms with E-state index in [1.54, 1.807) is 9.97 Å². The normalized spacial score (nSPS) is 24.6. The molecule has 0 aromatic carbocycles. The number of nitrogens with two attached hydrogens (primary N) is 3. The zero-order valence-electron chi connectivity index (χ0n) is 48.8. The number of anilines is 2. The number of aromatic amines is 3. The SMILES string of the molecule is CC1=C(/C=C/C(C)=C/C=C/C(C)=C/C(N)=O)C(C)(C)CCC1.Cl.F.Nc1nc(F)nc2c1ncn2[C@@H]1O[C@H](COP(=O)(O)O)[C@@H](O)[C@@H]1O.Nc1ncn([C@@H]2O[C@H](CO)[C@@H](O)[C@@H]2O)c(=O)n1.O=c1[nH]c(=O)n([C@H]2C[C@H](O)[C@@H](CO)O2)cc1F.O=c1[nH]cc(F)c(=O)[nH]1. The molecular formula is C51H70ClF4N14O20P. The van der Waals surface area contributed by atoms with Crippen molar-refractivity contribution in [1.82, 2.24) is 53.6 Å². The fraction of sp³-hybridized carbons (Fsp3) is 0.471. The maximum Gasteiger partial charge on any atom is 0.469 e. The van der Waals surface area contributed by atoms with Gasteiger partial charge < -0.3 is 81.9 Å². The van der Waals surface area contributed by atoms with Gasteiger partial charge in [-0.15, -0.1) is 12.4 Å². The van der Waals surface area contributed by atoms with Gasteiger partial charge in [-0.1, -0.05) is 55.4 Å². The summed E-state index contributed by atoms with van der Waals surface area (Å²) in [6.07, 6.45) is 5.16. The fourth-order valence-electron chi connectivity index (χ4n) is 9.03. The van der Waals surface area contributed by atoms with Gasteiger partial charge in [0, 0.05) is 18.7 Å². The first-order chi connectivity index (χ1) is 41.7. The number of aliphatic hydroxyl groups excluding tert-OH is 7. The quantitative estimate of drug-likeness (QED) is 0.0203. The van der Waals surface area contributed by atoms with Crippen molar-refractivity contribution in [2.24, 2.45) is 11.1 Å². The van der Waals surface area contributed by atoms with Crippen molar-refractivity contribution in [1.29, 1.82) is 0 Å². The highest BCUT2D eigenvalue weighted by molar-refractivity contribution is 7.46. The van der Waals surface area contributed by atoms with Crippen LogP contribution in [0, 0.1) is 23.1 Å². The number of fused-ring (bicyclic) bond motifs is 1. The second kappa shape index (κ2) is 34.0. The first-order valence-corrected chi connectivity index (χ1v) is 28.0. The van der Waals surface area contributed by atoms with Crippen molar-refractivity contribution in [3.63, 3.8) is 0 Å². The van der Waals surface area contributed by atoms with E-state index in [0.29, 0.717) is 6.20 Å². The van der Waals surface area contributed by atoms with E-state index in [0.717, 1.165) is 38.1 Å². The van der Waals surface area contributed by atoms with Crippen LogP contribution in [0.15, 0.2) is 108 Å². The summed E-state index contributed by atoms with van der Waals surface area (Å²) in [5.74, 6) is -2.93. The van der Waals surface area contributed by atoms with Crippen molar-refractivity contribution in [2.45, 2.75) is 128 Å². The molecule has 1 amide bonds. The van der Waals surface area contributed by atoms with Crippen molar-refractivity contribution < 1.29 is 91.5 Å². The molecule has 18 N–H and O–H groups in total. The van der Waals surface area contributed by atoms with Gasteiger partial charge in [-0.2, -0.15) is 28.1 Å². The van der Waals surface area contributed by atoms with Crippen LogP contribution in [-0.4, -0.2) is 174 Å². The van der Waals surface area contributed by atoms with E-state index in [2.05, 4.69) is 69.3 Å². The Labute approximate surface area is 516 Å². The Morgan fingerprint density at radius 2 is 1.43 bits per heavy atom. The summed E-state index contributed by atoms with van der Waals surface area (Å²) in [6.45, 7) is 9.30. The maximum absolute atomic E-state index is 13.3. The molecule has 5 aromatic rings. The van der Waals surface area contributed by atoms with E-state index in [1.807, 2.05) is 30.1 Å². The first-order valence-electron chi connectivity index (χ1n) is 26.5. The third-order valence-electron chi connectivity index (χ3n) is 13.5. The van der Waals surface area contributed by atoms with Gasteiger partial charge in [0.15, 0.2) is 29.4 Å². The number of phosphoric acid groups is 1. The number of carbonyl (C=O) groups excluding carboxylic acids is 1. The zero-order valence-corrected chi connectivity index (χ0v) is 50.5. The molecule has 0 saturated carbocycles. The monoisotopic (exact) mass is 1340 g/mol. The van der Waals surface area contributed by atoms with Crippen LogP contribution in [0.4, 0.5) is 29.6 Å². The Kier molecular flexibility index (Phi) is 29.0. The lowest BCUT2D eigenvalue weighted by atomic mass is 9.72. The number of halogens is 5. The third-order valence-corrected chi connectivity index (χ3v) is 14.0. The number of nitrogens with one attached hydrogen (secondary N) is 3. The predicted molar refractivity (Wildman–Crippen MR) is 313 cm³/mol. The number of primary amides is 1. The van der Waals surface area contributed by atoms with E-state index in [4.69, 9.17) is 51.4 Å². The average molecular weight is 1340 g/mol. The van der Waals surface area contributed by atoms with Gasteiger partial charge in [-0.05, 0) is 56.6 Å².